The van der Waals surface area contributed by atoms with Crippen LogP contribution in [0.5, 0.6) is 5.75 Å². The zero-order valence-corrected chi connectivity index (χ0v) is 12.8. The number of para-hydroxylation sites is 1. The summed E-state index contributed by atoms with van der Waals surface area (Å²) in [6, 6.07) is 9.53. The molecule has 110 valence electrons. The summed E-state index contributed by atoms with van der Waals surface area (Å²) in [5, 5.41) is 9.00. The molecule has 0 aliphatic rings. The van der Waals surface area contributed by atoms with Gasteiger partial charge in [0.2, 0.25) is 0 Å². The molecule has 1 aromatic carbocycles. The average Bonchev–Trinajstić information content (AvgIpc) is 2.45. The molecule has 1 rings (SSSR count). The molecule has 0 saturated carbocycles. The van der Waals surface area contributed by atoms with Gasteiger partial charge in [-0.1, -0.05) is 19.1 Å². The summed E-state index contributed by atoms with van der Waals surface area (Å²) in [4.78, 5) is 4.58. The van der Waals surface area contributed by atoms with Crippen molar-refractivity contribution in [3.63, 3.8) is 0 Å². The van der Waals surface area contributed by atoms with E-state index < -0.39 is 0 Å². The summed E-state index contributed by atoms with van der Waals surface area (Å²) in [5.74, 6) is 0.680. The van der Waals surface area contributed by atoms with Gasteiger partial charge in [0.15, 0.2) is 0 Å². The van der Waals surface area contributed by atoms with Crippen molar-refractivity contribution >= 4 is 0 Å². The van der Waals surface area contributed by atoms with Crippen LogP contribution in [0.3, 0.4) is 0 Å². The van der Waals surface area contributed by atoms with Crippen molar-refractivity contribution in [2.45, 2.75) is 13.3 Å². The molecule has 0 aromatic heterocycles. The van der Waals surface area contributed by atoms with E-state index in [0.29, 0.717) is 17.9 Å². The SMILES string of the molecule is CCN(CCCN(C)C)CCOc1ccccc1C#N. The van der Waals surface area contributed by atoms with Crippen LogP contribution in [0.15, 0.2) is 24.3 Å². The molecule has 0 N–H and O–H groups in total. The molecule has 0 aliphatic heterocycles. The topological polar surface area (TPSA) is 39.5 Å². The highest BCUT2D eigenvalue weighted by Gasteiger charge is 2.05. The first kappa shape index (κ1) is 16.5. The lowest BCUT2D eigenvalue weighted by atomic mass is 10.2. The molecule has 0 saturated heterocycles. The van der Waals surface area contributed by atoms with E-state index in [1.54, 1.807) is 6.07 Å². The first-order chi connectivity index (χ1) is 9.67. The van der Waals surface area contributed by atoms with Gasteiger partial charge in [0.05, 0.1) is 5.56 Å². The number of nitrogens with zero attached hydrogens (tertiary/aromatic N) is 3. The van der Waals surface area contributed by atoms with Gasteiger partial charge < -0.3 is 14.5 Å². The fraction of sp³-hybridized carbons (Fsp3) is 0.562. The van der Waals surface area contributed by atoms with Crippen LogP contribution in [-0.4, -0.2) is 56.7 Å². The van der Waals surface area contributed by atoms with Crippen molar-refractivity contribution < 1.29 is 4.74 Å². The van der Waals surface area contributed by atoms with Crippen LogP contribution < -0.4 is 4.74 Å². The standard InChI is InChI=1S/C16H25N3O/c1-4-19(11-7-10-18(2)3)12-13-20-16-9-6-5-8-15(16)14-17/h5-6,8-9H,4,7,10-13H2,1-3H3. The summed E-state index contributed by atoms with van der Waals surface area (Å²) in [5.41, 5.74) is 0.600. The van der Waals surface area contributed by atoms with Crippen LogP contribution in [0.25, 0.3) is 0 Å². The molecule has 20 heavy (non-hydrogen) atoms. The normalized spacial score (nSPS) is 10.8. The molecular formula is C16H25N3O. The number of hydrogen-bond acceptors (Lipinski definition) is 4. The van der Waals surface area contributed by atoms with Crippen LogP contribution in [0.4, 0.5) is 0 Å². The Bertz CT molecular complexity index is 426. The minimum absolute atomic E-state index is 0.600. The summed E-state index contributed by atoms with van der Waals surface area (Å²) in [7, 11) is 4.19. The predicted molar refractivity (Wildman–Crippen MR) is 81.9 cm³/mol. The second-order valence-corrected chi connectivity index (χ2v) is 5.05. The van der Waals surface area contributed by atoms with Gasteiger partial charge in [-0.3, -0.25) is 0 Å². The number of ether oxygens (including phenoxy) is 1. The molecule has 0 bridgehead atoms. The van der Waals surface area contributed by atoms with E-state index in [1.165, 1.54) is 0 Å². The van der Waals surface area contributed by atoms with Gasteiger partial charge in [-0.05, 0) is 52.3 Å². The van der Waals surface area contributed by atoms with Crippen molar-refractivity contribution in [2.24, 2.45) is 0 Å². The summed E-state index contributed by atoms with van der Waals surface area (Å²) < 4.78 is 5.71. The molecule has 4 heteroatoms. The van der Waals surface area contributed by atoms with Crippen molar-refractivity contribution in [3.05, 3.63) is 29.8 Å². The third-order valence-corrected chi connectivity index (χ3v) is 3.20. The van der Waals surface area contributed by atoms with Gasteiger partial charge in [-0.15, -0.1) is 0 Å². The van der Waals surface area contributed by atoms with Gasteiger partial charge >= 0.3 is 0 Å². The highest BCUT2D eigenvalue weighted by Crippen LogP contribution is 2.16. The first-order valence-corrected chi connectivity index (χ1v) is 7.16. The van der Waals surface area contributed by atoms with Crippen LogP contribution in [0.1, 0.15) is 18.9 Å². The van der Waals surface area contributed by atoms with Crippen molar-refractivity contribution in [1.82, 2.24) is 9.80 Å². The Balaban J connectivity index is 2.32. The van der Waals surface area contributed by atoms with Crippen LogP contribution in [0.2, 0.25) is 0 Å². The second kappa shape index (κ2) is 9.35. The fourth-order valence-electron chi connectivity index (χ4n) is 2.01. The zero-order valence-electron chi connectivity index (χ0n) is 12.8. The largest absolute Gasteiger partial charge is 0.491 e. The molecule has 0 amide bonds. The van der Waals surface area contributed by atoms with Crippen LogP contribution in [-0.2, 0) is 0 Å². The molecule has 0 unspecified atom stereocenters. The van der Waals surface area contributed by atoms with Gasteiger partial charge in [-0.2, -0.15) is 5.26 Å². The number of hydrogen-bond donors (Lipinski definition) is 0. The zero-order chi connectivity index (χ0) is 14.8. The van der Waals surface area contributed by atoms with Crippen molar-refractivity contribution in [3.8, 4) is 11.8 Å². The molecular weight excluding hydrogens is 250 g/mol. The molecule has 1 aromatic rings. The molecule has 0 aliphatic carbocycles. The fourth-order valence-corrected chi connectivity index (χ4v) is 2.01. The number of rotatable bonds is 9. The van der Waals surface area contributed by atoms with E-state index >= 15 is 0 Å². The van der Waals surface area contributed by atoms with Crippen molar-refractivity contribution in [1.29, 1.82) is 5.26 Å². The molecule has 0 radical (unpaired) electrons. The van der Waals surface area contributed by atoms with E-state index in [4.69, 9.17) is 10.00 Å². The van der Waals surface area contributed by atoms with Gasteiger partial charge in [0.25, 0.3) is 0 Å². The maximum atomic E-state index is 9.00. The highest BCUT2D eigenvalue weighted by atomic mass is 16.5. The van der Waals surface area contributed by atoms with Crippen molar-refractivity contribution in [2.75, 3.05) is 46.9 Å². The van der Waals surface area contributed by atoms with Gasteiger partial charge in [0.1, 0.15) is 18.4 Å². The first-order valence-electron chi connectivity index (χ1n) is 7.16. The average molecular weight is 275 g/mol. The number of nitriles is 1. The third kappa shape index (κ3) is 6.05. The maximum absolute atomic E-state index is 9.00. The highest BCUT2D eigenvalue weighted by molar-refractivity contribution is 5.42. The third-order valence-electron chi connectivity index (χ3n) is 3.20. The van der Waals surface area contributed by atoms with E-state index in [2.05, 4.69) is 36.9 Å². The Morgan fingerprint density at radius 1 is 1.15 bits per heavy atom. The smallest absolute Gasteiger partial charge is 0.137 e. The summed E-state index contributed by atoms with van der Waals surface area (Å²) >= 11 is 0. The summed E-state index contributed by atoms with van der Waals surface area (Å²) in [6.45, 7) is 6.89. The quantitative estimate of drug-likeness (QED) is 0.693. The maximum Gasteiger partial charge on any atom is 0.137 e. The summed E-state index contributed by atoms with van der Waals surface area (Å²) in [6.07, 6.45) is 1.16. The van der Waals surface area contributed by atoms with Gasteiger partial charge in [0, 0.05) is 6.54 Å². The Morgan fingerprint density at radius 2 is 1.90 bits per heavy atom. The lowest BCUT2D eigenvalue weighted by molar-refractivity contribution is 0.208. The number of likely N-dealkylation sites (N-methyl/N-ethyl adjacent to an activating group) is 1. The molecule has 4 nitrogen and oxygen atoms in total. The van der Waals surface area contributed by atoms with Crippen LogP contribution in [0, 0.1) is 11.3 Å². The van der Waals surface area contributed by atoms with E-state index in [0.717, 1.165) is 32.6 Å². The number of benzene rings is 1. The molecule has 0 atom stereocenters. The van der Waals surface area contributed by atoms with E-state index in [1.807, 2.05) is 18.2 Å². The Hall–Kier alpha value is -1.57. The lowest BCUT2D eigenvalue weighted by Gasteiger charge is -2.21. The monoisotopic (exact) mass is 275 g/mol. The lowest BCUT2D eigenvalue weighted by Crippen LogP contribution is -2.31. The van der Waals surface area contributed by atoms with E-state index in [9.17, 15) is 0 Å². The minimum atomic E-state index is 0.600. The molecule has 0 heterocycles. The van der Waals surface area contributed by atoms with E-state index in [-0.39, 0.29) is 0 Å². The molecule has 0 spiro atoms. The van der Waals surface area contributed by atoms with Gasteiger partial charge in [-0.25, -0.2) is 0 Å². The Kier molecular flexibility index (Phi) is 7.71. The Morgan fingerprint density at radius 3 is 2.55 bits per heavy atom. The Labute approximate surface area is 122 Å². The van der Waals surface area contributed by atoms with Crippen LogP contribution >= 0.6 is 0 Å². The minimum Gasteiger partial charge on any atom is -0.491 e. The predicted octanol–water partition coefficient (Wildman–Crippen LogP) is 2.21. The second-order valence-electron chi connectivity index (χ2n) is 5.05. The molecule has 0 fully saturated rings.